The molecule has 1 aromatic rings. The van der Waals surface area contributed by atoms with E-state index in [0.717, 1.165) is 0 Å². The monoisotopic (exact) mass is 291 g/mol. The molecule has 0 radical (unpaired) electrons. The van der Waals surface area contributed by atoms with Crippen molar-refractivity contribution in [3.05, 3.63) is 33.9 Å². The van der Waals surface area contributed by atoms with Crippen molar-refractivity contribution in [3.8, 4) is 11.8 Å². The Balaban J connectivity index is 2.59. The maximum atomic E-state index is 11.7. The molecule has 0 spiro atoms. The highest BCUT2D eigenvalue weighted by molar-refractivity contribution is 5.76. The third-order valence-corrected chi connectivity index (χ3v) is 2.93. The molecule has 21 heavy (non-hydrogen) atoms. The summed E-state index contributed by atoms with van der Waals surface area (Å²) >= 11 is 0. The standard InChI is InChI=1S/C14H17N3O4/c1-11-5-3-6-12(17(19)20)14(11)21-10-7-13(18)16(2)9-4-8-15/h3,5-6H,4,7,9-10H2,1-2H3. The van der Waals surface area contributed by atoms with Crippen LogP contribution in [0, 0.1) is 28.4 Å². The molecule has 0 saturated heterocycles. The normalized spacial score (nSPS) is 9.76. The number of para-hydroxylation sites is 1. The quantitative estimate of drug-likeness (QED) is 0.565. The van der Waals surface area contributed by atoms with Crippen LogP contribution in [0.15, 0.2) is 18.2 Å². The molecule has 1 rings (SSSR count). The van der Waals surface area contributed by atoms with Gasteiger partial charge in [-0.2, -0.15) is 5.26 Å². The predicted molar refractivity (Wildman–Crippen MR) is 75.8 cm³/mol. The fraction of sp³-hybridized carbons (Fsp3) is 0.429. The van der Waals surface area contributed by atoms with Gasteiger partial charge in [0.2, 0.25) is 5.91 Å². The van der Waals surface area contributed by atoms with Gasteiger partial charge >= 0.3 is 5.69 Å². The van der Waals surface area contributed by atoms with Crippen molar-refractivity contribution in [2.24, 2.45) is 0 Å². The van der Waals surface area contributed by atoms with Crippen molar-refractivity contribution in [2.45, 2.75) is 19.8 Å². The van der Waals surface area contributed by atoms with E-state index in [1.165, 1.54) is 11.0 Å². The van der Waals surface area contributed by atoms with Crippen LogP contribution in [0.25, 0.3) is 0 Å². The van der Waals surface area contributed by atoms with Gasteiger partial charge in [-0.3, -0.25) is 14.9 Å². The van der Waals surface area contributed by atoms with Gasteiger partial charge in [-0.25, -0.2) is 0 Å². The zero-order valence-electron chi connectivity index (χ0n) is 12.0. The number of benzene rings is 1. The summed E-state index contributed by atoms with van der Waals surface area (Å²) in [6, 6.07) is 6.62. The summed E-state index contributed by atoms with van der Waals surface area (Å²) in [4.78, 5) is 23.6. The first kappa shape index (κ1) is 16.4. The van der Waals surface area contributed by atoms with Gasteiger partial charge in [0.1, 0.15) is 0 Å². The second-order valence-electron chi connectivity index (χ2n) is 4.50. The van der Waals surface area contributed by atoms with Crippen molar-refractivity contribution in [3.63, 3.8) is 0 Å². The van der Waals surface area contributed by atoms with Gasteiger partial charge in [0.05, 0.1) is 30.4 Å². The number of carbonyl (C=O) groups excluding carboxylic acids is 1. The van der Waals surface area contributed by atoms with E-state index in [4.69, 9.17) is 10.00 Å². The molecule has 0 bridgehead atoms. The third-order valence-electron chi connectivity index (χ3n) is 2.93. The van der Waals surface area contributed by atoms with E-state index in [2.05, 4.69) is 0 Å². The van der Waals surface area contributed by atoms with Gasteiger partial charge in [-0.05, 0) is 12.5 Å². The Bertz CT molecular complexity index is 566. The number of amides is 1. The zero-order chi connectivity index (χ0) is 15.8. The van der Waals surface area contributed by atoms with Gasteiger partial charge in [-0.15, -0.1) is 0 Å². The Kier molecular flexibility index (Phi) is 6.14. The lowest BCUT2D eigenvalue weighted by molar-refractivity contribution is -0.385. The molecule has 0 aliphatic carbocycles. The van der Waals surface area contributed by atoms with Crippen LogP contribution in [0.2, 0.25) is 0 Å². The average molecular weight is 291 g/mol. The number of nitro groups is 1. The number of nitro benzene ring substituents is 1. The first-order chi connectivity index (χ1) is 9.97. The molecule has 0 aromatic heterocycles. The minimum atomic E-state index is -0.511. The summed E-state index contributed by atoms with van der Waals surface area (Å²) in [6.07, 6.45) is 0.375. The first-order valence-corrected chi connectivity index (χ1v) is 6.45. The number of nitrogens with zero attached hydrogens (tertiary/aromatic N) is 3. The first-order valence-electron chi connectivity index (χ1n) is 6.45. The van der Waals surface area contributed by atoms with Crippen molar-refractivity contribution in [2.75, 3.05) is 20.2 Å². The Labute approximate surface area is 122 Å². The van der Waals surface area contributed by atoms with E-state index in [1.807, 2.05) is 6.07 Å². The van der Waals surface area contributed by atoms with Crippen LogP contribution < -0.4 is 4.74 Å². The van der Waals surface area contributed by atoms with Crippen LogP contribution in [0.3, 0.4) is 0 Å². The summed E-state index contributed by atoms with van der Waals surface area (Å²) in [5.41, 5.74) is 0.537. The SMILES string of the molecule is Cc1cccc([N+](=O)[O-])c1OCCC(=O)N(C)CCC#N. The van der Waals surface area contributed by atoms with Crippen LogP contribution in [0.4, 0.5) is 5.69 Å². The highest BCUT2D eigenvalue weighted by atomic mass is 16.6. The molecule has 7 nitrogen and oxygen atoms in total. The van der Waals surface area contributed by atoms with Crippen LogP contribution in [-0.4, -0.2) is 35.9 Å². The van der Waals surface area contributed by atoms with E-state index < -0.39 is 4.92 Å². The molecule has 0 aliphatic rings. The number of nitriles is 1. The molecule has 0 atom stereocenters. The largest absolute Gasteiger partial charge is 0.486 e. The lowest BCUT2D eigenvalue weighted by Crippen LogP contribution is -2.28. The molecule has 112 valence electrons. The van der Waals surface area contributed by atoms with Crippen LogP contribution >= 0.6 is 0 Å². The van der Waals surface area contributed by atoms with Crippen LogP contribution in [-0.2, 0) is 4.79 Å². The average Bonchev–Trinajstić information content (AvgIpc) is 2.45. The number of aryl methyl sites for hydroxylation is 1. The van der Waals surface area contributed by atoms with E-state index in [1.54, 1.807) is 26.1 Å². The Morgan fingerprint density at radius 2 is 2.24 bits per heavy atom. The Morgan fingerprint density at radius 3 is 2.86 bits per heavy atom. The van der Waals surface area contributed by atoms with Crippen molar-refractivity contribution in [1.82, 2.24) is 4.90 Å². The number of hydrogen-bond donors (Lipinski definition) is 0. The molecule has 7 heteroatoms. The lowest BCUT2D eigenvalue weighted by Gasteiger charge is -2.15. The Morgan fingerprint density at radius 1 is 1.52 bits per heavy atom. The number of hydrogen-bond acceptors (Lipinski definition) is 5. The van der Waals surface area contributed by atoms with Crippen molar-refractivity contribution >= 4 is 11.6 Å². The molecule has 0 fully saturated rings. The maximum Gasteiger partial charge on any atom is 0.311 e. The fourth-order valence-electron chi connectivity index (χ4n) is 1.74. The topological polar surface area (TPSA) is 96.5 Å². The summed E-state index contributed by atoms with van der Waals surface area (Å²) < 4.78 is 5.40. The van der Waals surface area contributed by atoms with E-state index in [9.17, 15) is 14.9 Å². The smallest absolute Gasteiger partial charge is 0.311 e. The third kappa shape index (κ3) is 4.76. The second kappa shape index (κ2) is 7.85. The molecular weight excluding hydrogens is 274 g/mol. The van der Waals surface area contributed by atoms with E-state index >= 15 is 0 Å². The van der Waals surface area contributed by atoms with Gasteiger partial charge < -0.3 is 9.64 Å². The highest BCUT2D eigenvalue weighted by Gasteiger charge is 2.17. The molecule has 1 aromatic carbocycles. The summed E-state index contributed by atoms with van der Waals surface area (Å²) in [5.74, 6) is 0.0245. The van der Waals surface area contributed by atoms with Gasteiger partial charge in [0.15, 0.2) is 5.75 Å². The minimum Gasteiger partial charge on any atom is -0.486 e. The van der Waals surface area contributed by atoms with E-state index in [-0.39, 0.29) is 36.8 Å². The summed E-state index contributed by atoms with van der Waals surface area (Å²) in [6.45, 7) is 2.13. The minimum absolute atomic E-state index is 0.0570. The Hall–Kier alpha value is -2.62. The molecule has 0 saturated carbocycles. The van der Waals surface area contributed by atoms with Crippen molar-refractivity contribution < 1.29 is 14.5 Å². The molecular formula is C14H17N3O4. The van der Waals surface area contributed by atoms with Gasteiger partial charge in [-0.1, -0.05) is 12.1 Å². The van der Waals surface area contributed by atoms with E-state index in [0.29, 0.717) is 12.1 Å². The van der Waals surface area contributed by atoms with Crippen LogP contribution in [0.1, 0.15) is 18.4 Å². The molecule has 0 N–H and O–H groups in total. The number of ether oxygens (including phenoxy) is 1. The zero-order valence-corrected chi connectivity index (χ0v) is 12.0. The molecule has 0 unspecified atom stereocenters. The van der Waals surface area contributed by atoms with Crippen molar-refractivity contribution in [1.29, 1.82) is 5.26 Å². The highest BCUT2D eigenvalue weighted by Crippen LogP contribution is 2.30. The summed E-state index contributed by atoms with van der Waals surface area (Å²) in [7, 11) is 1.61. The summed E-state index contributed by atoms with van der Waals surface area (Å²) in [5, 5.41) is 19.4. The number of rotatable bonds is 7. The molecule has 0 aliphatic heterocycles. The number of carbonyl (C=O) groups is 1. The predicted octanol–water partition coefficient (Wildman–Crippen LogP) is 2.04. The van der Waals surface area contributed by atoms with Gasteiger partial charge in [0.25, 0.3) is 0 Å². The van der Waals surface area contributed by atoms with Gasteiger partial charge in [0, 0.05) is 19.7 Å². The fourth-order valence-corrected chi connectivity index (χ4v) is 1.74. The molecule has 1 amide bonds. The second-order valence-corrected chi connectivity index (χ2v) is 4.50. The maximum absolute atomic E-state index is 11.7. The lowest BCUT2D eigenvalue weighted by atomic mass is 10.2. The molecule has 0 heterocycles. The van der Waals surface area contributed by atoms with Crippen LogP contribution in [0.5, 0.6) is 5.75 Å².